The van der Waals surface area contributed by atoms with Crippen LogP contribution in [0.2, 0.25) is 0 Å². The maximum Gasteiger partial charge on any atom is 0.410 e. The molecule has 0 radical (unpaired) electrons. The molecule has 2 amide bonds. The number of ketones is 1. The van der Waals surface area contributed by atoms with E-state index in [9.17, 15) is 24.3 Å². The highest BCUT2D eigenvalue weighted by Gasteiger charge is 2.59. The number of methoxy groups -OCH3 is 1. The fourth-order valence-corrected chi connectivity index (χ4v) is 10.3. The SMILES string of the molecule is CC[C@H]1OC(=O)[C@H](C)C(=O)[C@H](C)[C@@H](O[C@@H]2OC(CNC(=O)CCC(C)(C)C)CC(N(C)C)C2O)[C@](C)(OC)C[C@@H](C)CN[C@H](C)[C@H]2N(CCCCn3cc(-c4cccc(N)c4)nn3)C(=O)O[C@]12C. The molecule has 5 rings (SSSR count). The molecule has 4 heterocycles. The molecule has 18 heteroatoms. The van der Waals surface area contributed by atoms with E-state index >= 15 is 0 Å². The highest BCUT2D eigenvalue weighted by molar-refractivity contribution is 6.00. The Bertz CT molecular complexity index is 2010. The van der Waals surface area contributed by atoms with Gasteiger partial charge in [0.05, 0.1) is 30.0 Å². The van der Waals surface area contributed by atoms with Crippen LogP contribution in [0.1, 0.15) is 114 Å². The Morgan fingerprint density at radius 1 is 1.10 bits per heavy atom. The van der Waals surface area contributed by atoms with Gasteiger partial charge in [-0.05, 0) is 110 Å². The molecule has 0 bridgehead atoms. The minimum absolute atomic E-state index is 0.00284. The van der Waals surface area contributed by atoms with Gasteiger partial charge in [0, 0.05) is 62.4 Å². The van der Waals surface area contributed by atoms with Gasteiger partial charge in [0.1, 0.15) is 23.8 Å². The fraction of sp³-hybridized carbons (Fsp3) is 0.760. The van der Waals surface area contributed by atoms with Crippen LogP contribution >= 0.6 is 0 Å². The van der Waals surface area contributed by atoms with E-state index in [0.717, 1.165) is 12.0 Å². The Hall–Kier alpha value is -4.20. The number of nitrogens with two attached hydrogens (primary N) is 1. The van der Waals surface area contributed by atoms with E-state index in [4.69, 9.17) is 29.4 Å². The third-order valence-electron chi connectivity index (χ3n) is 14.3. The van der Waals surface area contributed by atoms with Crippen molar-refractivity contribution in [1.82, 2.24) is 35.4 Å². The molecule has 0 spiro atoms. The number of unbranched alkanes of at least 4 members (excludes halogenated alkanes) is 1. The summed E-state index contributed by atoms with van der Waals surface area (Å²) in [4.78, 5) is 59.3. The molecule has 1 aromatic heterocycles. The number of aryl methyl sites for hydroxylation is 1. The second kappa shape index (κ2) is 23.1. The van der Waals surface area contributed by atoms with Crippen LogP contribution in [0.3, 0.4) is 0 Å². The highest BCUT2D eigenvalue weighted by atomic mass is 16.7. The van der Waals surface area contributed by atoms with Gasteiger partial charge in [-0.25, -0.2) is 4.79 Å². The van der Waals surface area contributed by atoms with Crippen LogP contribution in [0.5, 0.6) is 0 Å². The lowest BCUT2D eigenvalue weighted by molar-refractivity contribution is -0.296. The number of Topliss-reactive ketones (excluding diaryl/α,β-unsaturated/α-hetero) is 1. The molecule has 0 saturated carbocycles. The Morgan fingerprint density at radius 3 is 2.46 bits per heavy atom. The van der Waals surface area contributed by atoms with Crippen molar-refractivity contribution >= 4 is 29.4 Å². The van der Waals surface area contributed by atoms with Crippen molar-refractivity contribution in [3.8, 4) is 11.3 Å². The Morgan fingerprint density at radius 2 is 1.81 bits per heavy atom. The lowest BCUT2D eigenvalue weighted by Crippen LogP contribution is -2.61. The number of aliphatic hydroxyl groups is 1. The second-order valence-electron chi connectivity index (χ2n) is 21.5. The molecular formula is C50H82N8O10. The van der Waals surface area contributed by atoms with Crippen LogP contribution in [0.15, 0.2) is 30.5 Å². The van der Waals surface area contributed by atoms with Crippen molar-refractivity contribution in [2.75, 3.05) is 46.6 Å². The minimum Gasteiger partial charge on any atom is -0.458 e. The van der Waals surface area contributed by atoms with Gasteiger partial charge in [-0.15, -0.1) is 5.10 Å². The normalized spacial score (nSPS) is 33.4. The Balaban J connectivity index is 1.37. The summed E-state index contributed by atoms with van der Waals surface area (Å²) in [5.74, 6) is -3.53. The summed E-state index contributed by atoms with van der Waals surface area (Å²) < 4.78 is 33.9. The first-order valence-electron chi connectivity index (χ1n) is 24.6. The van der Waals surface area contributed by atoms with E-state index in [-0.39, 0.29) is 29.8 Å². The van der Waals surface area contributed by atoms with Gasteiger partial charge in [0.15, 0.2) is 17.7 Å². The third kappa shape index (κ3) is 13.4. The van der Waals surface area contributed by atoms with E-state index in [1.54, 1.807) is 23.6 Å². The molecule has 68 heavy (non-hydrogen) atoms. The molecule has 18 nitrogen and oxygen atoms in total. The zero-order valence-corrected chi connectivity index (χ0v) is 43.0. The summed E-state index contributed by atoms with van der Waals surface area (Å²) in [7, 11) is 5.30. The zero-order chi connectivity index (χ0) is 50.3. The third-order valence-corrected chi connectivity index (χ3v) is 14.3. The lowest BCUT2D eigenvalue weighted by Gasteiger charge is -2.47. The van der Waals surface area contributed by atoms with Crippen LogP contribution < -0.4 is 16.4 Å². The average Bonchev–Trinajstić information content (AvgIpc) is 3.86. The minimum atomic E-state index is -1.27. The molecule has 382 valence electrons. The maximum absolute atomic E-state index is 14.6. The molecular weight excluding hydrogens is 873 g/mol. The number of anilines is 1. The monoisotopic (exact) mass is 955 g/mol. The zero-order valence-electron chi connectivity index (χ0n) is 43.0. The average molecular weight is 955 g/mol. The van der Waals surface area contributed by atoms with Crippen molar-refractivity contribution in [2.45, 2.75) is 181 Å². The van der Waals surface area contributed by atoms with Gasteiger partial charge >= 0.3 is 12.1 Å². The quantitative estimate of drug-likeness (QED) is 0.0780. The molecule has 1 aromatic carbocycles. The van der Waals surface area contributed by atoms with Gasteiger partial charge in [-0.1, -0.05) is 58.9 Å². The molecule has 3 aliphatic heterocycles. The van der Waals surface area contributed by atoms with Crippen LogP contribution in [-0.2, 0) is 44.6 Å². The van der Waals surface area contributed by atoms with E-state index in [0.29, 0.717) is 69.5 Å². The highest BCUT2D eigenvalue weighted by Crippen LogP contribution is 2.40. The van der Waals surface area contributed by atoms with Crippen molar-refractivity contribution in [3.63, 3.8) is 0 Å². The number of fused-ring (bicyclic) bond motifs is 1. The summed E-state index contributed by atoms with van der Waals surface area (Å²) >= 11 is 0. The first kappa shape index (κ1) is 54.7. The number of amides is 2. The first-order chi connectivity index (χ1) is 31.9. The number of aliphatic hydroxyl groups excluding tert-OH is 1. The van der Waals surface area contributed by atoms with Gasteiger partial charge in [0.2, 0.25) is 5.91 Å². The number of ether oxygens (including phenoxy) is 5. The standard InChI is InChI=1S/C50H82N8O10/c1-14-39-50(10)43(58(47(63)68-50)23-16-15-22-57-29-37(54-55-57)34-18-17-19-35(51)24-34)33(5)52-27-30(2)26-49(9,64-13)44(31(3)41(60)32(4)45(62)66-39)67-46-42(61)38(56(11)12)25-36(65-46)28-53-40(59)20-21-48(6,7)8/h17-19,24,29-33,36,38-39,42-44,46,52,61H,14-16,20-23,25-28,51H2,1-13H3,(H,53,59)/t30-,31+,32-,33-,36?,38?,39-,42?,43-,44-,46+,49-,50-/m1/s1. The number of likely N-dealkylation sites (N-methyl/N-ethyl adjacent to an activating group) is 1. The topological polar surface area (TPSA) is 222 Å². The van der Waals surface area contributed by atoms with E-state index < -0.39 is 83.7 Å². The molecule has 0 aliphatic carbocycles. The predicted molar refractivity (Wildman–Crippen MR) is 258 cm³/mol. The number of aromatic nitrogens is 3. The molecule has 2 aromatic rings. The number of nitrogens with one attached hydrogen (secondary N) is 2. The lowest BCUT2D eigenvalue weighted by atomic mass is 9.78. The van der Waals surface area contributed by atoms with Gasteiger partial charge < -0.3 is 50.1 Å². The maximum atomic E-state index is 14.6. The van der Waals surface area contributed by atoms with E-state index in [1.165, 1.54) is 6.92 Å². The molecule has 5 N–H and O–H groups in total. The van der Waals surface area contributed by atoms with E-state index in [1.807, 2.05) is 77.2 Å². The smallest absolute Gasteiger partial charge is 0.410 e. The van der Waals surface area contributed by atoms with Crippen molar-refractivity contribution < 1.29 is 48.0 Å². The van der Waals surface area contributed by atoms with Crippen molar-refractivity contribution in [2.24, 2.45) is 23.2 Å². The van der Waals surface area contributed by atoms with Crippen LogP contribution in [0, 0.1) is 23.2 Å². The molecule has 3 fully saturated rings. The molecule has 3 aliphatic rings. The van der Waals surface area contributed by atoms with Crippen LogP contribution in [0.25, 0.3) is 11.3 Å². The summed E-state index contributed by atoms with van der Waals surface area (Å²) in [6, 6.07) is 6.20. The molecule has 3 saturated heterocycles. The van der Waals surface area contributed by atoms with Gasteiger partial charge in [-0.2, -0.15) is 0 Å². The first-order valence-corrected chi connectivity index (χ1v) is 24.6. The van der Waals surface area contributed by atoms with Gasteiger partial charge in [0.25, 0.3) is 0 Å². The summed E-state index contributed by atoms with van der Waals surface area (Å²) in [6.45, 7) is 20.8. The number of nitrogen functional groups attached to an aromatic ring is 1. The van der Waals surface area contributed by atoms with Crippen LogP contribution in [0.4, 0.5) is 10.5 Å². The Labute approximate surface area is 404 Å². The van der Waals surface area contributed by atoms with Crippen LogP contribution in [-0.4, -0.2) is 155 Å². The summed E-state index contributed by atoms with van der Waals surface area (Å²) in [5, 5.41) is 27.1. The number of benzene rings is 1. The Kier molecular flexibility index (Phi) is 18.6. The number of esters is 1. The number of rotatable bonds is 15. The second-order valence-corrected chi connectivity index (χ2v) is 21.5. The largest absolute Gasteiger partial charge is 0.458 e. The number of nitrogens with zero attached hydrogens (tertiary/aromatic N) is 5. The van der Waals surface area contributed by atoms with Gasteiger partial charge in [-0.3, -0.25) is 24.0 Å². The number of cyclic esters (lactones) is 1. The number of hydrogen-bond acceptors (Lipinski definition) is 15. The fourth-order valence-electron chi connectivity index (χ4n) is 10.3. The summed E-state index contributed by atoms with van der Waals surface area (Å²) in [6.07, 6.45) is 0.239. The van der Waals surface area contributed by atoms with E-state index in [2.05, 4.69) is 48.6 Å². The number of carbonyl (C=O) groups is 4. The summed E-state index contributed by atoms with van der Waals surface area (Å²) in [5.41, 5.74) is 5.82. The number of hydrogen-bond donors (Lipinski definition) is 4. The molecule has 13 atom stereocenters. The molecule has 3 unspecified atom stereocenters. The number of carbonyl (C=O) groups excluding carboxylic acids is 4. The predicted octanol–water partition coefficient (Wildman–Crippen LogP) is 5.21. The van der Waals surface area contributed by atoms with Crippen molar-refractivity contribution in [3.05, 3.63) is 30.5 Å². The van der Waals surface area contributed by atoms with Crippen molar-refractivity contribution in [1.29, 1.82) is 0 Å².